The molecule has 9 heteroatoms. The number of hydrogen-bond acceptors (Lipinski definition) is 7. The summed E-state index contributed by atoms with van der Waals surface area (Å²) >= 11 is 0. The maximum absolute atomic E-state index is 12.9. The van der Waals surface area contributed by atoms with Crippen LogP contribution in [0.3, 0.4) is 0 Å². The Bertz CT molecular complexity index is 971. The number of barbiturate groups is 1. The number of carbonyl (C=O) groups excluding carboxylic acids is 3. The van der Waals surface area contributed by atoms with Gasteiger partial charge in [-0.25, -0.2) is 9.69 Å². The fourth-order valence-corrected chi connectivity index (χ4v) is 2.75. The van der Waals surface area contributed by atoms with Gasteiger partial charge in [-0.15, -0.1) is 0 Å². The summed E-state index contributed by atoms with van der Waals surface area (Å²) in [5, 5.41) is 2.17. The molecule has 1 heterocycles. The monoisotopic (exact) mass is 397 g/mol. The first-order valence-corrected chi connectivity index (χ1v) is 8.57. The van der Waals surface area contributed by atoms with Crippen LogP contribution in [0.5, 0.6) is 17.2 Å². The number of urea groups is 1. The average Bonchev–Trinajstić information content (AvgIpc) is 2.73. The normalized spacial score (nSPS) is 16.7. The van der Waals surface area contributed by atoms with Crippen LogP contribution in [-0.2, 0) is 9.59 Å². The summed E-state index contributed by atoms with van der Waals surface area (Å²) in [6, 6.07) is 10.4. The molecule has 0 unspecified atom stereocenters. The fraction of sp³-hybridized carbons (Fsp3) is 0.200. The molecule has 9 nitrogen and oxygen atoms in total. The number of imide groups is 2. The first kappa shape index (κ1) is 19.9. The van der Waals surface area contributed by atoms with Crippen LogP contribution < -0.4 is 24.4 Å². The van der Waals surface area contributed by atoms with Crippen LogP contribution in [-0.4, -0.2) is 45.4 Å². The Labute approximate surface area is 166 Å². The predicted octanol–water partition coefficient (Wildman–Crippen LogP) is 2.31. The molecular weight excluding hydrogens is 378 g/mol. The number of carbonyl (C=O) groups is 3. The van der Waals surface area contributed by atoms with E-state index in [1.807, 2.05) is 0 Å². The fourth-order valence-electron chi connectivity index (χ4n) is 2.75. The highest BCUT2D eigenvalue weighted by Crippen LogP contribution is 2.31. The largest absolute Gasteiger partial charge is 0.497 e. The van der Waals surface area contributed by atoms with Crippen molar-refractivity contribution in [2.24, 2.45) is 10.9 Å². The lowest BCUT2D eigenvalue weighted by Gasteiger charge is -2.28. The van der Waals surface area contributed by atoms with Crippen molar-refractivity contribution in [2.75, 3.05) is 26.2 Å². The quantitative estimate of drug-likeness (QED) is 0.592. The molecule has 2 aromatic rings. The van der Waals surface area contributed by atoms with Crippen LogP contribution in [0, 0.1) is 5.92 Å². The predicted molar refractivity (Wildman–Crippen MR) is 105 cm³/mol. The van der Waals surface area contributed by atoms with E-state index in [4.69, 9.17) is 14.2 Å². The molecule has 2 aromatic carbocycles. The Balaban J connectivity index is 1.90. The third-order valence-electron chi connectivity index (χ3n) is 4.28. The molecule has 1 saturated heterocycles. The second-order valence-electron chi connectivity index (χ2n) is 5.96. The van der Waals surface area contributed by atoms with Crippen molar-refractivity contribution in [1.82, 2.24) is 5.32 Å². The molecule has 0 bridgehead atoms. The number of amides is 4. The van der Waals surface area contributed by atoms with Gasteiger partial charge >= 0.3 is 6.03 Å². The number of aliphatic imine (C=N–C) groups is 1. The molecule has 0 spiro atoms. The van der Waals surface area contributed by atoms with E-state index in [1.165, 1.54) is 27.5 Å². The van der Waals surface area contributed by atoms with Crippen molar-refractivity contribution in [3.63, 3.8) is 0 Å². The van der Waals surface area contributed by atoms with Crippen molar-refractivity contribution in [3.05, 3.63) is 42.5 Å². The van der Waals surface area contributed by atoms with Crippen molar-refractivity contribution in [2.45, 2.75) is 0 Å². The van der Waals surface area contributed by atoms with E-state index >= 15 is 0 Å². The zero-order valence-electron chi connectivity index (χ0n) is 16.0. The summed E-state index contributed by atoms with van der Waals surface area (Å²) in [6.07, 6.45) is 1.18. The third kappa shape index (κ3) is 4.03. The molecule has 150 valence electrons. The van der Waals surface area contributed by atoms with Gasteiger partial charge in [-0.05, 0) is 36.4 Å². The van der Waals surface area contributed by atoms with Crippen LogP contribution in [0.2, 0.25) is 0 Å². The molecule has 1 fully saturated rings. The highest BCUT2D eigenvalue weighted by molar-refractivity contribution is 6.32. The van der Waals surface area contributed by atoms with Gasteiger partial charge in [0.15, 0.2) is 5.92 Å². The van der Waals surface area contributed by atoms with Gasteiger partial charge in [-0.3, -0.25) is 19.9 Å². The Morgan fingerprint density at radius 2 is 1.59 bits per heavy atom. The maximum atomic E-state index is 12.9. The maximum Gasteiger partial charge on any atom is 0.335 e. The number of ether oxygens (including phenoxy) is 3. The van der Waals surface area contributed by atoms with E-state index in [9.17, 15) is 14.4 Å². The summed E-state index contributed by atoms with van der Waals surface area (Å²) in [4.78, 5) is 42.5. The molecule has 0 aromatic heterocycles. The van der Waals surface area contributed by atoms with Gasteiger partial charge in [-0.1, -0.05) is 0 Å². The zero-order valence-corrected chi connectivity index (χ0v) is 16.0. The SMILES string of the molecule is COc1ccc(N2C(=O)NC(=O)[C@@H](C=Nc3cc(OC)ccc3OC)C2=O)cc1. The molecule has 1 atom stereocenters. The second kappa shape index (κ2) is 8.42. The Kier molecular flexibility index (Phi) is 5.77. The Morgan fingerprint density at radius 3 is 2.21 bits per heavy atom. The number of hydrogen-bond donors (Lipinski definition) is 1. The first-order chi connectivity index (χ1) is 14.0. The van der Waals surface area contributed by atoms with Crippen LogP contribution in [0.1, 0.15) is 0 Å². The molecule has 3 rings (SSSR count). The van der Waals surface area contributed by atoms with E-state index in [0.29, 0.717) is 28.6 Å². The molecule has 0 saturated carbocycles. The minimum Gasteiger partial charge on any atom is -0.497 e. The number of methoxy groups -OCH3 is 3. The number of rotatable bonds is 6. The molecule has 1 aliphatic rings. The van der Waals surface area contributed by atoms with E-state index in [2.05, 4.69) is 10.3 Å². The van der Waals surface area contributed by atoms with Gasteiger partial charge in [0, 0.05) is 12.3 Å². The summed E-state index contributed by atoms with van der Waals surface area (Å²) in [7, 11) is 4.49. The van der Waals surface area contributed by atoms with Crippen molar-refractivity contribution < 1.29 is 28.6 Å². The zero-order chi connectivity index (χ0) is 21.0. The highest BCUT2D eigenvalue weighted by Gasteiger charge is 2.40. The lowest BCUT2D eigenvalue weighted by Crippen LogP contribution is -2.58. The summed E-state index contributed by atoms with van der Waals surface area (Å²) in [5.41, 5.74) is 0.679. The van der Waals surface area contributed by atoms with Gasteiger partial charge in [0.05, 0.1) is 27.0 Å². The first-order valence-electron chi connectivity index (χ1n) is 8.57. The van der Waals surface area contributed by atoms with Crippen LogP contribution >= 0.6 is 0 Å². The second-order valence-corrected chi connectivity index (χ2v) is 5.96. The molecule has 1 aliphatic heterocycles. The number of nitrogens with zero attached hydrogens (tertiary/aromatic N) is 2. The number of benzene rings is 2. The van der Waals surface area contributed by atoms with E-state index < -0.39 is 23.8 Å². The van der Waals surface area contributed by atoms with E-state index in [1.54, 1.807) is 42.5 Å². The average molecular weight is 397 g/mol. The van der Waals surface area contributed by atoms with Crippen LogP contribution in [0.4, 0.5) is 16.2 Å². The molecule has 1 N–H and O–H groups in total. The van der Waals surface area contributed by atoms with Gasteiger partial charge < -0.3 is 14.2 Å². The topological polar surface area (TPSA) is 107 Å². The smallest absolute Gasteiger partial charge is 0.335 e. The minimum absolute atomic E-state index is 0.304. The summed E-state index contributed by atoms with van der Waals surface area (Å²) < 4.78 is 15.5. The van der Waals surface area contributed by atoms with Gasteiger partial charge in [0.25, 0.3) is 5.91 Å². The van der Waals surface area contributed by atoms with Gasteiger partial charge in [0.2, 0.25) is 5.91 Å². The van der Waals surface area contributed by atoms with Gasteiger partial charge in [-0.2, -0.15) is 0 Å². The highest BCUT2D eigenvalue weighted by atomic mass is 16.5. The number of anilines is 1. The van der Waals surface area contributed by atoms with E-state index in [-0.39, 0.29) is 0 Å². The molecule has 0 radical (unpaired) electrons. The molecular formula is C20H19N3O6. The molecule has 29 heavy (non-hydrogen) atoms. The van der Waals surface area contributed by atoms with Crippen LogP contribution in [0.25, 0.3) is 0 Å². The molecule has 0 aliphatic carbocycles. The molecule has 4 amide bonds. The number of nitrogens with one attached hydrogen (secondary N) is 1. The van der Waals surface area contributed by atoms with E-state index in [0.717, 1.165) is 4.90 Å². The minimum atomic E-state index is -1.29. The lowest BCUT2D eigenvalue weighted by atomic mass is 10.1. The van der Waals surface area contributed by atoms with Crippen molar-refractivity contribution in [1.29, 1.82) is 0 Å². The van der Waals surface area contributed by atoms with Crippen LogP contribution in [0.15, 0.2) is 47.5 Å². The van der Waals surface area contributed by atoms with Crippen molar-refractivity contribution >= 4 is 35.4 Å². The lowest BCUT2D eigenvalue weighted by molar-refractivity contribution is -0.131. The van der Waals surface area contributed by atoms with Crippen molar-refractivity contribution in [3.8, 4) is 17.2 Å². The Morgan fingerprint density at radius 1 is 0.931 bits per heavy atom. The van der Waals surface area contributed by atoms with Gasteiger partial charge in [0.1, 0.15) is 22.9 Å². The summed E-state index contributed by atoms with van der Waals surface area (Å²) in [6.45, 7) is 0. The Hall–Kier alpha value is -3.88. The third-order valence-corrected chi connectivity index (χ3v) is 4.28. The summed E-state index contributed by atoms with van der Waals surface area (Å²) in [5.74, 6) is -1.21. The standard InChI is InChI=1S/C20H19N3O6/c1-27-13-6-4-12(5-7-13)23-19(25)15(18(24)22-20(23)26)11-21-16-10-14(28-2)8-9-17(16)29-3/h4-11,15H,1-3H3,(H,22,24,26)/t15-/m1/s1.